The van der Waals surface area contributed by atoms with Crippen LogP contribution in [0.3, 0.4) is 0 Å². The van der Waals surface area contributed by atoms with Gasteiger partial charge < -0.3 is 35.3 Å². The van der Waals surface area contributed by atoms with E-state index in [9.17, 15) is 14.7 Å². The Balaban J connectivity index is 1.11. The summed E-state index contributed by atoms with van der Waals surface area (Å²) in [5, 5.41) is 18.1. The highest BCUT2D eigenvalue weighted by Gasteiger charge is 2.32. The maximum atomic E-state index is 12.9. The zero-order chi connectivity index (χ0) is 34.0. The molecule has 1 fully saturated rings. The molecule has 0 saturated carbocycles. The summed E-state index contributed by atoms with van der Waals surface area (Å²) >= 11 is 1.67. The number of para-hydroxylation sites is 1. The van der Waals surface area contributed by atoms with E-state index in [0.717, 1.165) is 33.0 Å². The molecular weight excluding hydrogens is 639 g/mol. The normalized spacial score (nSPS) is 17.1. The van der Waals surface area contributed by atoms with Crippen LogP contribution in [0, 0.1) is 0 Å². The van der Waals surface area contributed by atoms with Crippen molar-refractivity contribution in [2.45, 2.75) is 43.3 Å². The van der Waals surface area contributed by atoms with Gasteiger partial charge in [0.2, 0.25) is 5.91 Å². The van der Waals surface area contributed by atoms with E-state index in [2.05, 4.69) is 16.0 Å². The molecule has 10 heteroatoms. The van der Waals surface area contributed by atoms with E-state index in [4.69, 9.17) is 14.2 Å². The Kier molecular flexibility index (Phi) is 11.2. The summed E-state index contributed by atoms with van der Waals surface area (Å²) in [6.45, 7) is 1.46. The number of aliphatic hydroxyl groups is 1. The highest BCUT2D eigenvalue weighted by atomic mass is 32.2. The lowest BCUT2D eigenvalue weighted by Gasteiger charge is -2.36. The Morgan fingerprint density at radius 2 is 1.41 bits per heavy atom. The van der Waals surface area contributed by atoms with Crippen LogP contribution >= 0.6 is 11.8 Å². The van der Waals surface area contributed by atoms with Crippen LogP contribution in [-0.4, -0.2) is 28.9 Å². The molecule has 6 rings (SSSR count). The van der Waals surface area contributed by atoms with E-state index in [1.807, 2.05) is 103 Å². The Morgan fingerprint density at radius 1 is 0.735 bits per heavy atom. The monoisotopic (exact) mass is 675 g/mol. The van der Waals surface area contributed by atoms with Gasteiger partial charge in [-0.25, -0.2) is 4.79 Å². The van der Waals surface area contributed by atoms with Crippen molar-refractivity contribution in [1.82, 2.24) is 0 Å². The van der Waals surface area contributed by atoms with E-state index in [0.29, 0.717) is 29.3 Å². The Hall–Kier alpha value is -5.13. The SMILES string of the molecule is CC(=O)Nc1ccc(SC[C@@H]2C[C@H](c3ccc(CO)cc3)O[C@H](c3cccc(NC(=O)Nc4ccc(Oc5ccccc5)cc4)c3)O2)cc1. The molecule has 0 radical (unpaired) electrons. The van der Waals surface area contributed by atoms with E-state index in [1.165, 1.54) is 6.92 Å². The molecule has 1 aliphatic heterocycles. The van der Waals surface area contributed by atoms with Gasteiger partial charge in [-0.05, 0) is 83.9 Å². The zero-order valence-electron chi connectivity index (χ0n) is 26.9. The van der Waals surface area contributed by atoms with Crippen molar-refractivity contribution in [1.29, 1.82) is 0 Å². The third-order valence-electron chi connectivity index (χ3n) is 7.73. The van der Waals surface area contributed by atoms with Gasteiger partial charge in [0, 0.05) is 46.6 Å². The first-order valence-corrected chi connectivity index (χ1v) is 16.9. The number of ether oxygens (including phenoxy) is 3. The van der Waals surface area contributed by atoms with Crippen LogP contribution < -0.4 is 20.7 Å². The number of aliphatic hydroxyl groups excluding tert-OH is 1. The van der Waals surface area contributed by atoms with Gasteiger partial charge >= 0.3 is 6.03 Å². The molecule has 3 atom stereocenters. The lowest BCUT2D eigenvalue weighted by atomic mass is 10.0. The summed E-state index contributed by atoms with van der Waals surface area (Å²) in [6, 6.07) is 39.2. The first kappa shape index (κ1) is 33.8. The number of rotatable bonds is 11. The molecule has 250 valence electrons. The van der Waals surface area contributed by atoms with Crippen molar-refractivity contribution >= 4 is 40.8 Å². The van der Waals surface area contributed by atoms with Crippen LogP contribution in [0.25, 0.3) is 0 Å². The number of hydrogen-bond acceptors (Lipinski definition) is 7. The zero-order valence-corrected chi connectivity index (χ0v) is 27.7. The third kappa shape index (κ3) is 9.71. The standard InChI is InChI=1S/C39H37N3O6S/c1-26(44)40-30-16-20-36(21-17-30)49-25-35-23-37(28-12-10-27(24-43)11-13-28)48-38(47-35)29-6-5-7-32(22-29)42-39(45)41-31-14-18-34(19-15-31)46-33-8-3-2-4-9-33/h2-22,35,37-38,43H,23-25H2,1H3,(H,40,44)(H2,41,42,45)/t35-,37+,38+/m0/s1. The first-order valence-electron chi connectivity index (χ1n) is 15.9. The number of carbonyl (C=O) groups is 2. The molecule has 9 nitrogen and oxygen atoms in total. The minimum absolute atomic E-state index is 0.0289. The predicted molar refractivity (Wildman–Crippen MR) is 192 cm³/mol. The van der Waals surface area contributed by atoms with E-state index in [1.54, 1.807) is 36.0 Å². The average molecular weight is 676 g/mol. The smallest absolute Gasteiger partial charge is 0.323 e. The summed E-state index contributed by atoms with van der Waals surface area (Å²) in [5.74, 6) is 1.97. The molecule has 0 spiro atoms. The van der Waals surface area contributed by atoms with Crippen LogP contribution in [0.5, 0.6) is 11.5 Å². The van der Waals surface area contributed by atoms with Gasteiger partial charge in [-0.1, -0.05) is 54.6 Å². The van der Waals surface area contributed by atoms with Crippen molar-refractivity contribution in [2.75, 3.05) is 21.7 Å². The molecule has 1 saturated heterocycles. The molecular formula is C39H37N3O6S. The van der Waals surface area contributed by atoms with Crippen LogP contribution in [0.4, 0.5) is 21.9 Å². The molecule has 5 aromatic carbocycles. The fraction of sp³-hybridized carbons (Fsp3) is 0.179. The molecule has 0 aromatic heterocycles. The van der Waals surface area contributed by atoms with Gasteiger partial charge in [0.15, 0.2) is 6.29 Å². The van der Waals surface area contributed by atoms with E-state index >= 15 is 0 Å². The molecule has 4 N–H and O–H groups in total. The van der Waals surface area contributed by atoms with Crippen LogP contribution in [0.15, 0.2) is 132 Å². The van der Waals surface area contributed by atoms with Gasteiger partial charge in [0.1, 0.15) is 11.5 Å². The summed E-state index contributed by atoms with van der Waals surface area (Å²) in [4.78, 5) is 25.4. The van der Waals surface area contributed by atoms with Crippen LogP contribution in [-0.2, 0) is 20.9 Å². The Bertz CT molecular complexity index is 1840. The number of hydrogen-bond donors (Lipinski definition) is 4. The van der Waals surface area contributed by atoms with Crippen molar-refractivity contribution in [3.8, 4) is 11.5 Å². The average Bonchev–Trinajstić information content (AvgIpc) is 3.12. The minimum Gasteiger partial charge on any atom is -0.457 e. The Labute approximate surface area is 289 Å². The van der Waals surface area contributed by atoms with Crippen LogP contribution in [0.1, 0.15) is 42.4 Å². The molecule has 49 heavy (non-hydrogen) atoms. The Morgan fingerprint density at radius 3 is 2.12 bits per heavy atom. The summed E-state index contributed by atoms with van der Waals surface area (Å²) in [6.07, 6.45) is -0.421. The van der Waals surface area contributed by atoms with Crippen LogP contribution in [0.2, 0.25) is 0 Å². The molecule has 5 aromatic rings. The summed E-state index contributed by atoms with van der Waals surface area (Å²) < 4.78 is 18.8. The molecule has 3 amide bonds. The number of anilines is 3. The minimum atomic E-state index is -0.675. The van der Waals surface area contributed by atoms with Gasteiger partial charge in [0.05, 0.1) is 18.8 Å². The van der Waals surface area contributed by atoms with Crippen molar-refractivity contribution in [3.63, 3.8) is 0 Å². The van der Waals surface area contributed by atoms with E-state index < -0.39 is 6.29 Å². The predicted octanol–water partition coefficient (Wildman–Crippen LogP) is 8.91. The fourth-order valence-electron chi connectivity index (χ4n) is 5.34. The number of nitrogens with one attached hydrogen (secondary N) is 3. The summed E-state index contributed by atoms with van der Waals surface area (Å²) in [5.41, 5.74) is 4.55. The molecule has 0 unspecified atom stereocenters. The quantitative estimate of drug-likeness (QED) is 0.103. The largest absolute Gasteiger partial charge is 0.457 e. The van der Waals surface area contributed by atoms with Gasteiger partial charge in [0.25, 0.3) is 0 Å². The topological polar surface area (TPSA) is 118 Å². The lowest BCUT2D eigenvalue weighted by Crippen LogP contribution is -2.31. The van der Waals surface area contributed by atoms with Crippen molar-refractivity contribution in [3.05, 3.63) is 144 Å². The molecule has 0 aliphatic carbocycles. The van der Waals surface area contributed by atoms with Gasteiger partial charge in [-0.3, -0.25) is 4.79 Å². The molecule has 1 heterocycles. The van der Waals surface area contributed by atoms with Crippen molar-refractivity contribution in [2.24, 2.45) is 0 Å². The number of urea groups is 1. The molecule has 1 aliphatic rings. The fourth-order valence-corrected chi connectivity index (χ4v) is 6.26. The second kappa shape index (κ2) is 16.3. The number of amides is 3. The van der Waals surface area contributed by atoms with Gasteiger partial charge in [-0.15, -0.1) is 11.8 Å². The maximum absolute atomic E-state index is 12.9. The highest BCUT2D eigenvalue weighted by Crippen LogP contribution is 2.40. The molecule has 0 bridgehead atoms. The number of thioether (sulfide) groups is 1. The lowest BCUT2D eigenvalue weighted by molar-refractivity contribution is -0.245. The third-order valence-corrected chi connectivity index (χ3v) is 8.88. The maximum Gasteiger partial charge on any atom is 0.323 e. The van der Waals surface area contributed by atoms with E-state index in [-0.39, 0.29) is 30.8 Å². The second-order valence-corrected chi connectivity index (χ2v) is 12.6. The van der Waals surface area contributed by atoms with Gasteiger partial charge in [-0.2, -0.15) is 0 Å². The summed E-state index contributed by atoms with van der Waals surface area (Å²) in [7, 11) is 0. The number of benzene rings is 5. The second-order valence-electron chi connectivity index (χ2n) is 11.5. The highest BCUT2D eigenvalue weighted by molar-refractivity contribution is 7.99. The number of carbonyl (C=O) groups excluding carboxylic acids is 2. The van der Waals surface area contributed by atoms with Crippen molar-refractivity contribution < 1.29 is 28.9 Å². The first-order chi connectivity index (χ1) is 23.9.